The van der Waals surface area contributed by atoms with Crippen molar-refractivity contribution in [3.8, 4) is 0 Å². The van der Waals surface area contributed by atoms with Crippen molar-refractivity contribution in [3.05, 3.63) is 95.7 Å². The van der Waals surface area contributed by atoms with E-state index in [9.17, 15) is 23.1 Å². The number of nitrogens with one attached hydrogen (secondary N) is 2. The molecule has 0 saturated heterocycles. The van der Waals surface area contributed by atoms with Crippen LogP contribution in [0, 0.1) is 5.41 Å². The molecule has 3 aromatic carbocycles. The minimum Gasteiger partial charge on any atom is -0.479 e. The number of nitrogens with zero attached hydrogens (tertiary/aromatic N) is 2. The lowest BCUT2D eigenvalue weighted by Gasteiger charge is -2.30. The van der Waals surface area contributed by atoms with Crippen LogP contribution in [-0.4, -0.2) is 48.1 Å². The summed E-state index contributed by atoms with van der Waals surface area (Å²) in [5, 5.41) is 18.8. The smallest absolute Gasteiger partial charge is 0.342 e. The van der Waals surface area contributed by atoms with E-state index in [1.54, 1.807) is 59.5 Å². The Bertz CT molecular complexity index is 1750. The van der Waals surface area contributed by atoms with Gasteiger partial charge in [-0.25, -0.2) is 13.2 Å². The Morgan fingerprint density at radius 1 is 1.07 bits per heavy atom. The van der Waals surface area contributed by atoms with Gasteiger partial charge in [0.25, 0.3) is 0 Å². The molecule has 210 valence electrons. The van der Waals surface area contributed by atoms with E-state index in [-0.39, 0.29) is 28.6 Å². The van der Waals surface area contributed by atoms with Crippen LogP contribution >= 0.6 is 0 Å². The summed E-state index contributed by atoms with van der Waals surface area (Å²) in [4.78, 5) is 31.1. The zero-order valence-corrected chi connectivity index (χ0v) is 22.9. The fourth-order valence-corrected chi connectivity index (χ4v) is 6.56. The molecule has 0 fully saturated rings. The Kier molecular flexibility index (Phi) is 7.71. The summed E-state index contributed by atoms with van der Waals surface area (Å²) in [6.45, 7) is 0.558. The van der Waals surface area contributed by atoms with E-state index in [2.05, 4.69) is 10.3 Å². The Morgan fingerprint density at radius 2 is 1.83 bits per heavy atom. The molecular weight excluding hydrogens is 542 g/mol. The van der Waals surface area contributed by atoms with Gasteiger partial charge >= 0.3 is 5.97 Å². The number of amidine groups is 1. The summed E-state index contributed by atoms with van der Waals surface area (Å²) in [5.74, 6) is -1.59. The number of para-hydroxylation sites is 1. The number of carbonyl (C=O) groups excluding carboxylic acids is 1. The number of aromatic nitrogens is 1. The van der Waals surface area contributed by atoms with Gasteiger partial charge < -0.3 is 21.1 Å². The first kappa shape index (κ1) is 27.8. The van der Waals surface area contributed by atoms with Gasteiger partial charge in [0.15, 0.2) is 0 Å². The molecule has 0 saturated carbocycles. The molecule has 0 spiro atoms. The Labute approximate surface area is 237 Å². The average molecular weight is 572 g/mol. The van der Waals surface area contributed by atoms with E-state index in [0.717, 1.165) is 23.2 Å². The molecule has 0 radical (unpaired) electrons. The number of anilines is 2. The minimum atomic E-state index is -4.37. The molecule has 5 N–H and O–H groups in total. The first-order chi connectivity index (χ1) is 19.6. The Balaban J connectivity index is 1.34. The second kappa shape index (κ2) is 11.4. The molecule has 1 aliphatic rings. The largest absolute Gasteiger partial charge is 0.479 e. The monoisotopic (exact) mass is 571 g/mol. The molecule has 1 aliphatic heterocycles. The summed E-state index contributed by atoms with van der Waals surface area (Å²) < 4.78 is 27.0. The molecule has 4 aromatic rings. The second-order valence-corrected chi connectivity index (χ2v) is 11.8. The number of fused-ring (bicyclic) bond motifs is 2. The molecular formula is C30H29N5O5S. The number of rotatable bonds is 9. The van der Waals surface area contributed by atoms with Crippen molar-refractivity contribution in [3.63, 3.8) is 0 Å². The molecule has 0 bridgehead atoms. The third-order valence-corrected chi connectivity index (χ3v) is 9.01. The van der Waals surface area contributed by atoms with Crippen LogP contribution in [-0.2, 0) is 32.3 Å². The van der Waals surface area contributed by atoms with E-state index in [0.29, 0.717) is 36.0 Å². The number of sulfone groups is 1. The highest BCUT2D eigenvalue weighted by Gasteiger charge is 2.36. The molecule has 1 atom stereocenters. The van der Waals surface area contributed by atoms with Crippen molar-refractivity contribution < 1.29 is 23.1 Å². The molecule has 10 nitrogen and oxygen atoms in total. The van der Waals surface area contributed by atoms with Crippen LogP contribution in [0.1, 0.15) is 29.5 Å². The molecule has 11 heteroatoms. The summed E-state index contributed by atoms with van der Waals surface area (Å²) >= 11 is 0. The van der Waals surface area contributed by atoms with Gasteiger partial charge in [0.2, 0.25) is 21.1 Å². The van der Waals surface area contributed by atoms with Crippen LogP contribution in [0.2, 0.25) is 0 Å². The summed E-state index contributed by atoms with van der Waals surface area (Å²) in [5.41, 5.74) is 9.18. The number of carboxylic acid groups (broad SMARTS) is 1. The predicted octanol–water partition coefficient (Wildman–Crippen LogP) is 3.73. The van der Waals surface area contributed by atoms with Crippen molar-refractivity contribution in [2.75, 3.05) is 16.8 Å². The van der Waals surface area contributed by atoms with Crippen LogP contribution in [0.25, 0.3) is 10.9 Å². The minimum absolute atomic E-state index is 0.00995. The van der Waals surface area contributed by atoms with Gasteiger partial charge in [-0.05, 0) is 60.7 Å². The number of hydrogen-bond acceptors (Lipinski definition) is 7. The van der Waals surface area contributed by atoms with Crippen LogP contribution in [0.5, 0.6) is 0 Å². The van der Waals surface area contributed by atoms with Crippen molar-refractivity contribution in [1.29, 1.82) is 5.41 Å². The van der Waals surface area contributed by atoms with Gasteiger partial charge in [-0.3, -0.25) is 15.2 Å². The number of benzene rings is 3. The molecule has 1 amide bonds. The highest BCUT2D eigenvalue weighted by Crippen LogP contribution is 2.32. The first-order valence-electron chi connectivity index (χ1n) is 13.1. The van der Waals surface area contributed by atoms with E-state index >= 15 is 0 Å². The number of aliphatic carboxylic acids is 1. The lowest BCUT2D eigenvalue weighted by molar-refractivity contribution is -0.136. The molecule has 5 rings (SSSR count). The standard InChI is InChI=1S/C30H29N5O5S/c31-28(32)21-11-8-19(9-12-21)10-15-26(36)35-17-3-6-22-18-23(13-14-24(22)35)34-29(30(37)38)41(39,40)25-7-1-4-20-5-2-16-33-27(20)25/h1-2,4-5,7-9,11-14,16,18,29,34H,3,6,10,15,17H2,(H3,31,32)(H,37,38). The quantitative estimate of drug-likeness (QED) is 0.174. The van der Waals surface area contributed by atoms with E-state index in [1.165, 1.54) is 12.3 Å². The summed E-state index contributed by atoms with van der Waals surface area (Å²) in [6.07, 6.45) is 3.67. The fraction of sp³-hybridized carbons (Fsp3) is 0.200. The normalized spacial score (nSPS) is 13.8. The van der Waals surface area contributed by atoms with Crippen LogP contribution < -0.4 is 16.0 Å². The number of carbonyl (C=O) groups is 2. The number of nitrogens with two attached hydrogens (primary N) is 1. The Morgan fingerprint density at radius 3 is 2.56 bits per heavy atom. The second-order valence-electron chi connectivity index (χ2n) is 9.84. The topological polar surface area (TPSA) is 167 Å². The molecule has 41 heavy (non-hydrogen) atoms. The number of amides is 1. The van der Waals surface area contributed by atoms with Gasteiger partial charge in [-0.15, -0.1) is 0 Å². The van der Waals surface area contributed by atoms with Crippen LogP contribution in [0.3, 0.4) is 0 Å². The van der Waals surface area contributed by atoms with E-state index in [4.69, 9.17) is 11.1 Å². The SMILES string of the molecule is N=C(N)c1ccc(CCC(=O)N2CCCc3cc(NC(C(=O)O)S(=O)(=O)c4cccc5cccnc45)ccc32)cc1. The predicted molar refractivity (Wildman–Crippen MR) is 157 cm³/mol. The maximum atomic E-state index is 13.5. The molecule has 0 aliphatic carbocycles. The van der Waals surface area contributed by atoms with Crippen LogP contribution in [0.15, 0.2) is 83.9 Å². The van der Waals surface area contributed by atoms with Gasteiger partial charge in [-0.2, -0.15) is 0 Å². The molecule has 1 unspecified atom stereocenters. The van der Waals surface area contributed by atoms with Crippen LogP contribution in [0.4, 0.5) is 11.4 Å². The maximum Gasteiger partial charge on any atom is 0.342 e. The molecule has 1 aromatic heterocycles. The number of nitrogen functional groups attached to an aromatic ring is 1. The zero-order valence-electron chi connectivity index (χ0n) is 22.1. The van der Waals surface area contributed by atoms with Gasteiger partial charge in [0.05, 0.1) is 10.4 Å². The lowest BCUT2D eigenvalue weighted by atomic mass is 9.99. The molecule has 2 heterocycles. The zero-order chi connectivity index (χ0) is 29.1. The third kappa shape index (κ3) is 5.75. The highest BCUT2D eigenvalue weighted by atomic mass is 32.2. The number of hydrogen-bond donors (Lipinski definition) is 4. The maximum absolute atomic E-state index is 13.5. The third-order valence-electron chi connectivity index (χ3n) is 7.13. The lowest BCUT2D eigenvalue weighted by Crippen LogP contribution is -2.38. The van der Waals surface area contributed by atoms with Crippen molar-refractivity contribution >= 4 is 49.8 Å². The van der Waals surface area contributed by atoms with Gasteiger partial charge in [-0.1, -0.05) is 42.5 Å². The van der Waals surface area contributed by atoms with Gasteiger partial charge in [0, 0.05) is 41.5 Å². The average Bonchev–Trinajstić information content (AvgIpc) is 2.97. The first-order valence-corrected chi connectivity index (χ1v) is 14.6. The fourth-order valence-electron chi connectivity index (χ4n) is 5.04. The summed E-state index contributed by atoms with van der Waals surface area (Å²) in [6, 6.07) is 20.3. The van der Waals surface area contributed by atoms with Crippen molar-refractivity contribution in [2.45, 2.75) is 36.0 Å². The number of carboxylic acids is 1. The van der Waals surface area contributed by atoms with Crippen molar-refractivity contribution in [1.82, 2.24) is 4.98 Å². The number of aryl methyl sites for hydroxylation is 2. The van der Waals surface area contributed by atoms with Gasteiger partial charge in [0.1, 0.15) is 5.84 Å². The van der Waals surface area contributed by atoms with E-state index in [1.807, 2.05) is 12.1 Å². The summed E-state index contributed by atoms with van der Waals surface area (Å²) in [7, 11) is -4.37. The number of pyridine rings is 1. The highest BCUT2D eigenvalue weighted by molar-refractivity contribution is 7.93. The van der Waals surface area contributed by atoms with E-state index < -0.39 is 21.2 Å². The Hall–Kier alpha value is -4.77. The van der Waals surface area contributed by atoms with Crippen molar-refractivity contribution in [2.24, 2.45) is 5.73 Å².